The van der Waals surface area contributed by atoms with Gasteiger partial charge in [0, 0.05) is 23.8 Å². The summed E-state index contributed by atoms with van der Waals surface area (Å²) >= 11 is 1.68. The number of hydrogen-bond donors (Lipinski definition) is 2. The minimum absolute atomic E-state index is 0.0457. The lowest BCUT2D eigenvalue weighted by Gasteiger charge is -2.31. The van der Waals surface area contributed by atoms with E-state index in [1.165, 1.54) is 6.42 Å². The van der Waals surface area contributed by atoms with E-state index >= 15 is 0 Å². The van der Waals surface area contributed by atoms with Crippen LogP contribution in [0.5, 0.6) is 0 Å². The molecule has 4 nitrogen and oxygen atoms in total. The minimum atomic E-state index is -0.775. The monoisotopic (exact) mass is 324 g/mol. The van der Waals surface area contributed by atoms with Crippen LogP contribution in [0, 0.1) is 0 Å². The van der Waals surface area contributed by atoms with Crippen LogP contribution in [-0.2, 0) is 16.6 Å². The molecule has 0 aromatic carbocycles. The van der Waals surface area contributed by atoms with Gasteiger partial charge in [-0.15, -0.1) is 11.3 Å². The van der Waals surface area contributed by atoms with Gasteiger partial charge < -0.3 is 10.4 Å². The minimum Gasteiger partial charge on any atom is -0.389 e. The van der Waals surface area contributed by atoms with Crippen LogP contribution in [0.2, 0.25) is 0 Å². The number of nitrogens with one attached hydrogen (secondary N) is 1. The molecule has 5 heteroatoms. The van der Waals surface area contributed by atoms with Crippen molar-refractivity contribution in [3.8, 4) is 0 Å². The lowest BCUT2D eigenvalue weighted by molar-refractivity contribution is -0.127. The van der Waals surface area contributed by atoms with Crippen molar-refractivity contribution in [1.29, 1.82) is 0 Å². The number of thiazole rings is 1. The van der Waals surface area contributed by atoms with Crippen LogP contribution in [0.3, 0.4) is 0 Å². The number of rotatable bonds is 5. The molecule has 0 radical (unpaired) electrons. The lowest BCUT2D eigenvalue weighted by atomic mass is 9.82. The SMILES string of the molecule is CC(C)(C)c1nc(CCNC(=O)CC2(O)CCCCC2)cs1. The standard InChI is InChI=1S/C17H28N2O2S/c1-16(2,3)15-19-13(12-22-15)7-10-18-14(20)11-17(21)8-5-4-6-9-17/h12,21H,4-11H2,1-3H3,(H,18,20). The van der Waals surface area contributed by atoms with Crippen molar-refractivity contribution in [2.75, 3.05) is 6.54 Å². The third kappa shape index (κ3) is 5.06. The summed E-state index contributed by atoms with van der Waals surface area (Å²) in [5, 5.41) is 16.5. The van der Waals surface area contributed by atoms with Crippen LogP contribution < -0.4 is 5.32 Å². The van der Waals surface area contributed by atoms with E-state index in [2.05, 4.69) is 36.5 Å². The van der Waals surface area contributed by atoms with Gasteiger partial charge >= 0.3 is 0 Å². The summed E-state index contributed by atoms with van der Waals surface area (Å²) in [6.45, 7) is 7.05. The molecule has 1 aromatic rings. The molecule has 1 aliphatic rings. The number of carbonyl (C=O) groups excluding carboxylic acids is 1. The molecule has 1 heterocycles. The normalized spacial score (nSPS) is 18.2. The Morgan fingerprint density at radius 1 is 1.36 bits per heavy atom. The van der Waals surface area contributed by atoms with Crippen LogP contribution in [0.15, 0.2) is 5.38 Å². The molecule has 0 spiro atoms. The van der Waals surface area contributed by atoms with Gasteiger partial charge in [-0.25, -0.2) is 4.98 Å². The van der Waals surface area contributed by atoms with Crippen LogP contribution in [0.4, 0.5) is 0 Å². The van der Waals surface area contributed by atoms with E-state index in [9.17, 15) is 9.90 Å². The zero-order valence-electron chi connectivity index (χ0n) is 13.9. The average molecular weight is 324 g/mol. The van der Waals surface area contributed by atoms with Crippen molar-refractivity contribution in [3.05, 3.63) is 16.1 Å². The first-order valence-corrected chi connectivity index (χ1v) is 9.10. The van der Waals surface area contributed by atoms with Crippen molar-refractivity contribution in [2.45, 2.75) is 76.7 Å². The highest BCUT2D eigenvalue weighted by molar-refractivity contribution is 7.09. The maximum Gasteiger partial charge on any atom is 0.222 e. The Labute approximate surface area is 137 Å². The van der Waals surface area contributed by atoms with Crippen LogP contribution in [-0.4, -0.2) is 28.1 Å². The first kappa shape index (κ1) is 17.4. The molecule has 1 aromatic heterocycles. The van der Waals surface area contributed by atoms with E-state index in [1.807, 2.05) is 0 Å². The molecular weight excluding hydrogens is 296 g/mol. The number of nitrogens with zero attached hydrogens (tertiary/aromatic N) is 1. The first-order chi connectivity index (χ1) is 10.3. The van der Waals surface area contributed by atoms with E-state index in [1.54, 1.807) is 11.3 Å². The molecule has 1 saturated carbocycles. The van der Waals surface area contributed by atoms with Crippen molar-refractivity contribution >= 4 is 17.2 Å². The Bertz CT molecular complexity index is 499. The lowest BCUT2D eigenvalue weighted by Crippen LogP contribution is -2.38. The molecule has 0 saturated heterocycles. The Hall–Kier alpha value is -0.940. The zero-order valence-corrected chi connectivity index (χ0v) is 14.8. The molecule has 124 valence electrons. The number of aromatic nitrogens is 1. The Kier molecular flexibility index (Phi) is 5.61. The van der Waals surface area contributed by atoms with Gasteiger partial charge in [0.05, 0.1) is 22.7 Å². The van der Waals surface area contributed by atoms with Gasteiger partial charge in [0.1, 0.15) is 0 Å². The second-order valence-electron chi connectivity index (χ2n) is 7.46. The highest BCUT2D eigenvalue weighted by Crippen LogP contribution is 2.30. The topological polar surface area (TPSA) is 62.2 Å². The second-order valence-corrected chi connectivity index (χ2v) is 8.31. The third-order valence-electron chi connectivity index (χ3n) is 4.17. The Balaban J connectivity index is 1.74. The van der Waals surface area contributed by atoms with E-state index in [0.717, 1.165) is 42.8 Å². The third-order valence-corrected chi connectivity index (χ3v) is 5.49. The van der Waals surface area contributed by atoms with Crippen molar-refractivity contribution in [2.24, 2.45) is 0 Å². The van der Waals surface area contributed by atoms with Gasteiger partial charge in [-0.05, 0) is 12.8 Å². The number of hydrogen-bond acceptors (Lipinski definition) is 4. The molecule has 1 fully saturated rings. The molecular formula is C17H28N2O2S. The molecule has 22 heavy (non-hydrogen) atoms. The van der Waals surface area contributed by atoms with E-state index in [4.69, 9.17) is 0 Å². The van der Waals surface area contributed by atoms with E-state index < -0.39 is 5.60 Å². The highest BCUT2D eigenvalue weighted by atomic mass is 32.1. The van der Waals surface area contributed by atoms with Gasteiger partial charge in [-0.1, -0.05) is 40.0 Å². The van der Waals surface area contributed by atoms with Crippen molar-refractivity contribution in [1.82, 2.24) is 10.3 Å². The molecule has 2 N–H and O–H groups in total. The van der Waals surface area contributed by atoms with Gasteiger partial charge in [-0.3, -0.25) is 4.79 Å². The average Bonchev–Trinajstić information content (AvgIpc) is 2.87. The molecule has 1 amide bonds. The molecule has 2 rings (SSSR count). The summed E-state index contributed by atoms with van der Waals surface area (Å²) in [6, 6.07) is 0. The second kappa shape index (κ2) is 7.09. The number of amides is 1. The van der Waals surface area contributed by atoms with Gasteiger partial charge in [0.25, 0.3) is 0 Å². The Morgan fingerprint density at radius 3 is 2.64 bits per heavy atom. The number of carbonyl (C=O) groups is 1. The summed E-state index contributed by atoms with van der Waals surface area (Å²) in [4.78, 5) is 16.6. The fourth-order valence-electron chi connectivity index (χ4n) is 2.84. The van der Waals surface area contributed by atoms with E-state index in [-0.39, 0.29) is 17.7 Å². The van der Waals surface area contributed by atoms with Crippen molar-refractivity contribution in [3.63, 3.8) is 0 Å². The maximum absolute atomic E-state index is 12.0. The fourth-order valence-corrected chi connectivity index (χ4v) is 3.79. The van der Waals surface area contributed by atoms with Crippen LogP contribution in [0.1, 0.15) is 70.0 Å². The van der Waals surface area contributed by atoms with Crippen molar-refractivity contribution < 1.29 is 9.90 Å². The number of aliphatic hydroxyl groups is 1. The molecule has 0 unspecified atom stereocenters. The molecule has 0 atom stereocenters. The maximum atomic E-state index is 12.0. The first-order valence-electron chi connectivity index (χ1n) is 8.22. The highest BCUT2D eigenvalue weighted by Gasteiger charge is 2.31. The molecule has 1 aliphatic carbocycles. The van der Waals surface area contributed by atoms with Gasteiger partial charge in [0.2, 0.25) is 5.91 Å². The smallest absolute Gasteiger partial charge is 0.222 e. The van der Waals surface area contributed by atoms with Crippen LogP contribution >= 0.6 is 11.3 Å². The summed E-state index contributed by atoms with van der Waals surface area (Å²) in [7, 11) is 0. The molecule has 0 aliphatic heterocycles. The summed E-state index contributed by atoms with van der Waals surface area (Å²) < 4.78 is 0. The zero-order chi connectivity index (χ0) is 16.2. The quantitative estimate of drug-likeness (QED) is 0.874. The van der Waals surface area contributed by atoms with Gasteiger partial charge in [0.15, 0.2) is 0 Å². The van der Waals surface area contributed by atoms with E-state index in [0.29, 0.717) is 6.54 Å². The van der Waals surface area contributed by atoms with Gasteiger partial charge in [-0.2, -0.15) is 0 Å². The Morgan fingerprint density at radius 2 is 2.05 bits per heavy atom. The summed E-state index contributed by atoms with van der Waals surface area (Å²) in [5.74, 6) is -0.0457. The summed E-state index contributed by atoms with van der Waals surface area (Å²) in [6.07, 6.45) is 5.71. The summed E-state index contributed by atoms with van der Waals surface area (Å²) in [5.41, 5.74) is 0.338. The predicted octanol–water partition coefficient (Wildman–Crippen LogP) is 3.18. The largest absolute Gasteiger partial charge is 0.389 e. The molecule has 0 bridgehead atoms. The van der Waals surface area contributed by atoms with Crippen LogP contribution in [0.25, 0.3) is 0 Å². The predicted molar refractivity (Wildman–Crippen MR) is 90.2 cm³/mol. The fraction of sp³-hybridized carbons (Fsp3) is 0.765.